The third-order valence-electron chi connectivity index (χ3n) is 3.16. The summed E-state index contributed by atoms with van der Waals surface area (Å²) in [7, 11) is 0. The second-order valence-corrected chi connectivity index (χ2v) is 4.62. The second-order valence-electron chi connectivity index (χ2n) is 4.62. The van der Waals surface area contributed by atoms with Crippen LogP contribution in [0.25, 0.3) is 0 Å². The summed E-state index contributed by atoms with van der Waals surface area (Å²) in [4.78, 5) is 22.0. The fourth-order valence-electron chi connectivity index (χ4n) is 2.12. The van der Waals surface area contributed by atoms with E-state index in [1.54, 1.807) is 12.1 Å². The summed E-state index contributed by atoms with van der Waals surface area (Å²) in [5.74, 6) is 0.236. The molecule has 1 aromatic rings. The zero-order chi connectivity index (χ0) is 13.7. The van der Waals surface area contributed by atoms with Crippen LogP contribution >= 0.6 is 0 Å². The molecule has 1 heterocycles. The van der Waals surface area contributed by atoms with Gasteiger partial charge in [-0.3, -0.25) is 14.9 Å². The highest BCUT2D eigenvalue weighted by Gasteiger charge is 2.17. The highest BCUT2D eigenvalue weighted by atomic mass is 16.6. The largest absolute Gasteiger partial charge is 0.381 e. The van der Waals surface area contributed by atoms with Crippen LogP contribution in [-0.2, 0) is 9.53 Å². The van der Waals surface area contributed by atoms with Crippen molar-refractivity contribution in [2.24, 2.45) is 5.92 Å². The van der Waals surface area contributed by atoms with Crippen LogP contribution in [0.3, 0.4) is 0 Å². The van der Waals surface area contributed by atoms with E-state index in [0.29, 0.717) is 31.2 Å². The number of hydrogen-bond donors (Lipinski definition) is 1. The minimum Gasteiger partial charge on any atom is -0.381 e. The second kappa shape index (κ2) is 6.29. The van der Waals surface area contributed by atoms with Crippen molar-refractivity contribution in [3.05, 3.63) is 34.4 Å². The maximum absolute atomic E-state index is 11.8. The molecule has 0 saturated carbocycles. The molecule has 19 heavy (non-hydrogen) atoms. The number of nitro groups is 1. The Labute approximate surface area is 110 Å². The molecule has 2 rings (SSSR count). The number of nitrogens with zero attached hydrogens (tertiary/aromatic N) is 1. The first-order valence-electron chi connectivity index (χ1n) is 6.27. The van der Waals surface area contributed by atoms with Crippen LogP contribution in [-0.4, -0.2) is 24.0 Å². The fourth-order valence-corrected chi connectivity index (χ4v) is 2.12. The Kier molecular flexibility index (Phi) is 4.46. The molecule has 1 aliphatic heterocycles. The van der Waals surface area contributed by atoms with E-state index in [4.69, 9.17) is 4.74 Å². The molecule has 1 N–H and O–H groups in total. The van der Waals surface area contributed by atoms with Gasteiger partial charge in [0, 0.05) is 37.5 Å². The van der Waals surface area contributed by atoms with E-state index < -0.39 is 4.92 Å². The van der Waals surface area contributed by atoms with Crippen LogP contribution in [0.2, 0.25) is 0 Å². The topological polar surface area (TPSA) is 81.5 Å². The Hall–Kier alpha value is -1.95. The predicted octanol–water partition coefficient (Wildman–Crippen LogP) is 2.35. The lowest BCUT2D eigenvalue weighted by molar-refractivity contribution is -0.384. The number of ether oxygens (including phenoxy) is 1. The van der Waals surface area contributed by atoms with Gasteiger partial charge in [0.05, 0.1) is 4.92 Å². The normalized spacial score (nSPS) is 16.0. The van der Waals surface area contributed by atoms with Gasteiger partial charge in [0.2, 0.25) is 5.91 Å². The standard InChI is InChI=1S/C13H16N2O4/c16-13(8-10-4-6-19-7-5-10)14-11-2-1-3-12(9-11)15(17)18/h1-3,9-10H,4-8H2,(H,14,16). The lowest BCUT2D eigenvalue weighted by atomic mass is 9.96. The molecule has 1 fully saturated rings. The van der Waals surface area contributed by atoms with Crippen LogP contribution < -0.4 is 5.32 Å². The molecular weight excluding hydrogens is 248 g/mol. The number of amides is 1. The Bertz CT molecular complexity index is 469. The van der Waals surface area contributed by atoms with Crippen molar-refractivity contribution in [2.45, 2.75) is 19.3 Å². The molecule has 0 bridgehead atoms. The molecule has 1 aromatic carbocycles. The third kappa shape index (κ3) is 4.03. The average molecular weight is 264 g/mol. The number of nitrogens with one attached hydrogen (secondary N) is 1. The molecule has 0 aromatic heterocycles. The van der Waals surface area contributed by atoms with Crippen molar-refractivity contribution in [2.75, 3.05) is 18.5 Å². The quantitative estimate of drug-likeness (QED) is 0.668. The highest BCUT2D eigenvalue weighted by Crippen LogP contribution is 2.21. The molecule has 6 heteroatoms. The van der Waals surface area contributed by atoms with E-state index in [-0.39, 0.29) is 11.6 Å². The van der Waals surface area contributed by atoms with E-state index in [0.717, 1.165) is 12.8 Å². The van der Waals surface area contributed by atoms with Gasteiger partial charge in [0.1, 0.15) is 0 Å². The van der Waals surface area contributed by atoms with Crippen molar-refractivity contribution in [3.63, 3.8) is 0 Å². The smallest absolute Gasteiger partial charge is 0.271 e. The molecule has 0 spiro atoms. The van der Waals surface area contributed by atoms with Gasteiger partial charge in [0.15, 0.2) is 0 Å². The average Bonchev–Trinajstić information content (AvgIpc) is 2.40. The van der Waals surface area contributed by atoms with Gasteiger partial charge >= 0.3 is 0 Å². The number of hydrogen-bond acceptors (Lipinski definition) is 4. The maximum Gasteiger partial charge on any atom is 0.271 e. The SMILES string of the molecule is O=C(CC1CCOCC1)Nc1cccc([N+](=O)[O-])c1. The molecule has 0 unspecified atom stereocenters. The molecule has 1 aliphatic rings. The summed E-state index contributed by atoms with van der Waals surface area (Å²) in [5, 5.41) is 13.3. The minimum absolute atomic E-state index is 0.0242. The fraction of sp³-hybridized carbons (Fsp3) is 0.462. The Morgan fingerprint density at radius 1 is 1.42 bits per heavy atom. The van der Waals surface area contributed by atoms with E-state index in [9.17, 15) is 14.9 Å². The zero-order valence-electron chi connectivity index (χ0n) is 10.5. The highest BCUT2D eigenvalue weighted by molar-refractivity contribution is 5.91. The minimum atomic E-state index is -0.478. The van der Waals surface area contributed by atoms with Gasteiger partial charge in [-0.2, -0.15) is 0 Å². The number of anilines is 1. The van der Waals surface area contributed by atoms with Crippen molar-refractivity contribution in [3.8, 4) is 0 Å². The van der Waals surface area contributed by atoms with Gasteiger partial charge in [-0.1, -0.05) is 6.07 Å². The molecule has 0 atom stereocenters. The van der Waals surface area contributed by atoms with Crippen LogP contribution in [0.1, 0.15) is 19.3 Å². The summed E-state index contributed by atoms with van der Waals surface area (Å²) in [6, 6.07) is 5.97. The summed E-state index contributed by atoms with van der Waals surface area (Å²) in [6.45, 7) is 1.41. The molecule has 6 nitrogen and oxygen atoms in total. The monoisotopic (exact) mass is 264 g/mol. The van der Waals surface area contributed by atoms with E-state index in [2.05, 4.69) is 5.32 Å². The number of carbonyl (C=O) groups is 1. The Balaban J connectivity index is 1.90. The molecule has 0 aliphatic carbocycles. The van der Waals surface area contributed by atoms with Gasteiger partial charge in [0.25, 0.3) is 5.69 Å². The van der Waals surface area contributed by atoms with E-state index in [1.165, 1.54) is 12.1 Å². The van der Waals surface area contributed by atoms with Gasteiger partial charge in [-0.15, -0.1) is 0 Å². The molecule has 102 valence electrons. The van der Waals surface area contributed by atoms with Crippen LogP contribution in [0.4, 0.5) is 11.4 Å². The van der Waals surface area contributed by atoms with E-state index in [1.807, 2.05) is 0 Å². The first-order valence-corrected chi connectivity index (χ1v) is 6.27. The summed E-state index contributed by atoms with van der Waals surface area (Å²) < 4.78 is 5.23. The van der Waals surface area contributed by atoms with Crippen molar-refractivity contribution < 1.29 is 14.5 Å². The van der Waals surface area contributed by atoms with Crippen molar-refractivity contribution >= 4 is 17.3 Å². The molecule has 1 saturated heterocycles. The predicted molar refractivity (Wildman–Crippen MR) is 69.9 cm³/mol. The Morgan fingerprint density at radius 2 is 2.16 bits per heavy atom. The number of benzene rings is 1. The van der Waals surface area contributed by atoms with Gasteiger partial charge in [-0.05, 0) is 24.8 Å². The van der Waals surface area contributed by atoms with Crippen molar-refractivity contribution in [1.82, 2.24) is 0 Å². The molecule has 1 amide bonds. The summed E-state index contributed by atoms with van der Waals surface area (Å²) >= 11 is 0. The first-order chi connectivity index (χ1) is 9.15. The first kappa shape index (κ1) is 13.5. The summed E-state index contributed by atoms with van der Waals surface area (Å²) in [5.41, 5.74) is 0.440. The van der Waals surface area contributed by atoms with Crippen LogP contribution in [0.5, 0.6) is 0 Å². The van der Waals surface area contributed by atoms with Crippen molar-refractivity contribution in [1.29, 1.82) is 0 Å². The maximum atomic E-state index is 11.8. The number of non-ortho nitro benzene ring substituents is 1. The lowest BCUT2D eigenvalue weighted by Crippen LogP contribution is -2.22. The number of carbonyl (C=O) groups excluding carboxylic acids is 1. The zero-order valence-corrected chi connectivity index (χ0v) is 10.5. The van der Waals surface area contributed by atoms with Gasteiger partial charge in [-0.25, -0.2) is 0 Å². The third-order valence-corrected chi connectivity index (χ3v) is 3.16. The molecule has 0 radical (unpaired) electrons. The lowest BCUT2D eigenvalue weighted by Gasteiger charge is -2.21. The Morgan fingerprint density at radius 3 is 2.84 bits per heavy atom. The van der Waals surface area contributed by atoms with E-state index >= 15 is 0 Å². The van der Waals surface area contributed by atoms with Crippen LogP contribution in [0.15, 0.2) is 24.3 Å². The number of rotatable bonds is 4. The summed E-state index contributed by atoms with van der Waals surface area (Å²) in [6.07, 6.45) is 2.22. The number of nitro benzene ring substituents is 1. The van der Waals surface area contributed by atoms with Crippen LogP contribution in [0, 0.1) is 16.0 Å². The van der Waals surface area contributed by atoms with Gasteiger partial charge < -0.3 is 10.1 Å². The molecular formula is C13H16N2O4.